The first-order chi connectivity index (χ1) is 12.1. The molecule has 0 bridgehead atoms. The minimum Gasteiger partial charge on any atom is -0.371 e. The third-order valence-electron chi connectivity index (χ3n) is 5.55. The first-order valence-corrected chi connectivity index (χ1v) is 9.70. The lowest BCUT2D eigenvalue weighted by Gasteiger charge is -2.34. The molecule has 3 rings (SSSR count). The van der Waals surface area contributed by atoms with Crippen LogP contribution in [0.2, 0.25) is 0 Å². The fourth-order valence-electron chi connectivity index (χ4n) is 3.91. The summed E-state index contributed by atoms with van der Waals surface area (Å²) in [5.41, 5.74) is 1.28. The zero-order chi connectivity index (χ0) is 17.6. The summed E-state index contributed by atoms with van der Waals surface area (Å²) < 4.78 is 0. The molecule has 2 aliphatic rings. The van der Waals surface area contributed by atoms with Gasteiger partial charge in [-0.25, -0.2) is 4.79 Å². The van der Waals surface area contributed by atoms with Gasteiger partial charge in [0.1, 0.15) is 0 Å². The molecule has 1 aromatic rings. The lowest BCUT2D eigenvalue weighted by molar-refractivity contribution is 0.161. The zero-order valence-corrected chi connectivity index (χ0v) is 15.6. The molecule has 2 fully saturated rings. The molecule has 2 amide bonds. The maximum absolute atomic E-state index is 12.2. The van der Waals surface area contributed by atoms with Crippen LogP contribution >= 0.6 is 0 Å². The van der Waals surface area contributed by atoms with Crippen LogP contribution in [0, 0.1) is 5.92 Å². The Kier molecular flexibility index (Phi) is 6.19. The van der Waals surface area contributed by atoms with E-state index in [2.05, 4.69) is 64.6 Å². The van der Waals surface area contributed by atoms with E-state index in [9.17, 15) is 4.79 Å². The van der Waals surface area contributed by atoms with Gasteiger partial charge < -0.3 is 20.4 Å². The molecule has 1 aromatic carbocycles. The fourth-order valence-corrected chi connectivity index (χ4v) is 3.91. The van der Waals surface area contributed by atoms with Crippen molar-refractivity contribution in [1.29, 1.82) is 0 Å². The van der Waals surface area contributed by atoms with Gasteiger partial charge in [-0.15, -0.1) is 0 Å². The standard InChI is InChI=1S/C20H32N4O/c1-16(2)23-12-9-18(10-13-23)22-20(25)21-14-17-8-11-24(15-17)19-6-4-3-5-7-19/h3-7,16-18H,8-15H2,1-2H3,(H2,21,22,25). The molecule has 2 heterocycles. The van der Waals surface area contributed by atoms with E-state index in [1.807, 2.05) is 0 Å². The molecule has 5 heteroatoms. The highest BCUT2D eigenvalue weighted by atomic mass is 16.2. The molecule has 0 spiro atoms. The van der Waals surface area contributed by atoms with E-state index >= 15 is 0 Å². The van der Waals surface area contributed by atoms with Crippen molar-refractivity contribution in [2.75, 3.05) is 37.6 Å². The smallest absolute Gasteiger partial charge is 0.315 e. The number of hydrogen-bond donors (Lipinski definition) is 2. The molecule has 1 unspecified atom stereocenters. The van der Waals surface area contributed by atoms with E-state index < -0.39 is 0 Å². The Balaban J connectivity index is 1.35. The van der Waals surface area contributed by atoms with Gasteiger partial charge in [-0.05, 0) is 51.2 Å². The van der Waals surface area contributed by atoms with Crippen LogP contribution in [0.1, 0.15) is 33.1 Å². The number of nitrogens with zero attached hydrogens (tertiary/aromatic N) is 2. The van der Waals surface area contributed by atoms with E-state index in [4.69, 9.17) is 0 Å². The molecule has 138 valence electrons. The SMILES string of the molecule is CC(C)N1CCC(NC(=O)NCC2CCN(c3ccccc3)C2)CC1. The van der Waals surface area contributed by atoms with E-state index in [1.165, 1.54) is 5.69 Å². The molecule has 2 N–H and O–H groups in total. The zero-order valence-electron chi connectivity index (χ0n) is 15.6. The highest BCUT2D eigenvalue weighted by Crippen LogP contribution is 2.23. The lowest BCUT2D eigenvalue weighted by atomic mass is 10.0. The molecule has 5 nitrogen and oxygen atoms in total. The molecule has 0 aromatic heterocycles. The van der Waals surface area contributed by atoms with Crippen molar-refractivity contribution in [2.45, 2.75) is 45.2 Å². The highest BCUT2D eigenvalue weighted by molar-refractivity contribution is 5.74. The normalized spacial score (nSPS) is 22.4. The number of likely N-dealkylation sites (tertiary alicyclic amines) is 1. The summed E-state index contributed by atoms with van der Waals surface area (Å²) in [4.78, 5) is 17.1. The van der Waals surface area contributed by atoms with Gasteiger partial charge in [0.15, 0.2) is 0 Å². The second-order valence-electron chi connectivity index (χ2n) is 7.69. The Morgan fingerprint density at radius 2 is 1.84 bits per heavy atom. The summed E-state index contributed by atoms with van der Waals surface area (Å²) in [5.74, 6) is 0.536. The topological polar surface area (TPSA) is 47.6 Å². The number of hydrogen-bond acceptors (Lipinski definition) is 3. The minimum atomic E-state index is 0.00107. The molecule has 2 aliphatic heterocycles. The fraction of sp³-hybridized carbons (Fsp3) is 0.650. The number of anilines is 1. The van der Waals surface area contributed by atoms with Crippen LogP contribution < -0.4 is 15.5 Å². The Hall–Kier alpha value is -1.75. The van der Waals surface area contributed by atoms with Crippen molar-refractivity contribution in [2.24, 2.45) is 5.92 Å². The summed E-state index contributed by atoms with van der Waals surface area (Å²) in [6.45, 7) is 9.50. The maximum atomic E-state index is 12.2. The molecular formula is C20H32N4O. The number of carbonyl (C=O) groups is 1. The minimum absolute atomic E-state index is 0.00107. The van der Waals surface area contributed by atoms with Crippen LogP contribution in [0.3, 0.4) is 0 Å². The van der Waals surface area contributed by atoms with Gasteiger partial charge in [-0.2, -0.15) is 0 Å². The van der Waals surface area contributed by atoms with Gasteiger partial charge in [0.2, 0.25) is 0 Å². The van der Waals surface area contributed by atoms with Crippen molar-refractivity contribution < 1.29 is 4.79 Å². The van der Waals surface area contributed by atoms with E-state index in [0.717, 1.165) is 52.0 Å². The summed E-state index contributed by atoms with van der Waals surface area (Å²) in [7, 11) is 0. The van der Waals surface area contributed by atoms with Gasteiger partial charge in [-0.3, -0.25) is 0 Å². The van der Waals surface area contributed by atoms with Crippen LogP contribution in [0.5, 0.6) is 0 Å². The lowest BCUT2D eigenvalue weighted by Crippen LogP contribution is -2.49. The van der Waals surface area contributed by atoms with Crippen LogP contribution in [0.25, 0.3) is 0 Å². The van der Waals surface area contributed by atoms with Crippen molar-refractivity contribution in [3.05, 3.63) is 30.3 Å². The van der Waals surface area contributed by atoms with Crippen LogP contribution in [0.4, 0.5) is 10.5 Å². The average molecular weight is 345 g/mol. The van der Waals surface area contributed by atoms with Crippen molar-refractivity contribution >= 4 is 11.7 Å². The Labute approximate surface area is 151 Å². The first-order valence-electron chi connectivity index (χ1n) is 9.70. The van der Waals surface area contributed by atoms with Crippen LogP contribution in [0.15, 0.2) is 30.3 Å². The summed E-state index contributed by atoms with van der Waals surface area (Å²) in [6, 6.07) is 11.5. The second-order valence-corrected chi connectivity index (χ2v) is 7.69. The van der Waals surface area contributed by atoms with Gasteiger partial charge in [0.05, 0.1) is 0 Å². The van der Waals surface area contributed by atoms with E-state index in [0.29, 0.717) is 18.0 Å². The van der Waals surface area contributed by atoms with Gasteiger partial charge in [0, 0.05) is 50.5 Å². The molecule has 25 heavy (non-hydrogen) atoms. The van der Waals surface area contributed by atoms with Crippen molar-refractivity contribution in [3.8, 4) is 0 Å². The number of rotatable bonds is 5. The number of urea groups is 1. The number of para-hydroxylation sites is 1. The summed E-state index contributed by atoms with van der Waals surface area (Å²) in [5, 5.41) is 6.24. The van der Waals surface area contributed by atoms with E-state index in [-0.39, 0.29) is 6.03 Å². The number of benzene rings is 1. The number of nitrogens with one attached hydrogen (secondary N) is 2. The summed E-state index contributed by atoms with van der Waals surface area (Å²) >= 11 is 0. The number of piperidine rings is 1. The largest absolute Gasteiger partial charge is 0.371 e. The first kappa shape index (κ1) is 18.1. The molecule has 1 atom stereocenters. The van der Waals surface area contributed by atoms with Crippen LogP contribution in [-0.4, -0.2) is 55.7 Å². The molecule has 0 saturated carbocycles. The highest BCUT2D eigenvalue weighted by Gasteiger charge is 2.24. The number of carbonyl (C=O) groups excluding carboxylic acids is 1. The van der Waals surface area contributed by atoms with E-state index in [1.54, 1.807) is 0 Å². The predicted octanol–water partition coefficient (Wildman–Crippen LogP) is 2.68. The average Bonchev–Trinajstić information content (AvgIpc) is 3.10. The quantitative estimate of drug-likeness (QED) is 0.863. The van der Waals surface area contributed by atoms with Crippen LogP contribution in [-0.2, 0) is 0 Å². The van der Waals surface area contributed by atoms with Crippen molar-refractivity contribution in [3.63, 3.8) is 0 Å². The Bertz CT molecular complexity index is 540. The van der Waals surface area contributed by atoms with Crippen molar-refractivity contribution in [1.82, 2.24) is 15.5 Å². The summed E-state index contributed by atoms with van der Waals surface area (Å²) in [6.07, 6.45) is 3.25. The second kappa shape index (κ2) is 8.56. The number of amides is 2. The van der Waals surface area contributed by atoms with Gasteiger partial charge in [0.25, 0.3) is 0 Å². The molecular weight excluding hydrogens is 312 g/mol. The maximum Gasteiger partial charge on any atom is 0.315 e. The third kappa shape index (κ3) is 5.11. The molecule has 2 saturated heterocycles. The monoisotopic (exact) mass is 344 g/mol. The molecule has 0 radical (unpaired) electrons. The molecule has 0 aliphatic carbocycles. The Morgan fingerprint density at radius 3 is 2.52 bits per heavy atom. The predicted molar refractivity (Wildman–Crippen MR) is 103 cm³/mol. The van der Waals surface area contributed by atoms with Gasteiger partial charge >= 0.3 is 6.03 Å². The Morgan fingerprint density at radius 1 is 1.12 bits per heavy atom. The van der Waals surface area contributed by atoms with Gasteiger partial charge in [-0.1, -0.05) is 18.2 Å². The third-order valence-corrected chi connectivity index (χ3v) is 5.55.